The largest absolute Gasteiger partial charge is 0.495 e. The van der Waals surface area contributed by atoms with Crippen LogP contribution >= 0.6 is 15.9 Å². The van der Waals surface area contributed by atoms with Crippen molar-refractivity contribution < 1.29 is 14.6 Å². The van der Waals surface area contributed by atoms with Gasteiger partial charge in [-0.25, -0.2) is 0 Å². The molecule has 2 aromatic rings. The lowest BCUT2D eigenvalue weighted by molar-refractivity contribution is 0.213. The van der Waals surface area contributed by atoms with Gasteiger partial charge in [-0.2, -0.15) is 0 Å². The molecule has 0 aromatic heterocycles. The van der Waals surface area contributed by atoms with Crippen LogP contribution in [0.5, 0.6) is 11.5 Å². The predicted octanol–water partition coefficient (Wildman–Crippen LogP) is 4.16. The molecule has 2 aromatic carbocycles. The van der Waals surface area contributed by atoms with Gasteiger partial charge in [-0.05, 0) is 58.6 Å². The van der Waals surface area contributed by atoms with E-state index in [1.807, 2.05) is 44.2 Å². The zero-order chi connectivity index (χ0) is 15.6. The van der Waals surface area contributed by atoms with Crippen LogP contribution in [0.4, 0.5) is 0 Å². The lowest BCUT2D eigenvalue weighted by atomic mass is 9.94. The van der Waals surface area contributed by atoms with Crippen molar-refractivity contribution in [1.82, 2.24) is 0 Å². The molecule has 0 aliphatic heterocycles. The molecule has 0 radical (unpaired) electrons. The van der Waals surface area contributed by atoms with Gasteiger partial charge in [0.05, 0.1) is 14.2 Å². The van der Waals surface area contributed by atoms with Gasteiger partial charge in [-0.3, -0.25) is 0 Å². The summed E-state index contributed by atoms with van der Waals surface area (Å²) in [5.74, 6) is 1.26. The maximum Gasteiger partial charge on any atom is 0.142 e. The first-order valence-corrected chi connectivity index (χ1v) is 7.45. The average molecular weight is 351 g/mol. The summed E-state index contributed by atoms with van der Waals surface area (Å²) in [5.41, 5.74) is 3.82. The normalized spacial score (nSPS) is 12.1. The van der Waals surface area contributed by atoms with Gasteiger partial charge in [0.25, 0.3) is 0 Å². The second-order valence-electron chi connectivity index (χ2n) is 4.90. The molecule has 112 valence electrons. The predicted molar refractivity (Wildman–Crippen MR) is 87.2 cm³/mol. The van der Waals surface area contributed by atoms with E-state index in [-0.39, 0.29) is 0 Å². The molecule has 0 heterocycles. The summed E-state index contributed by atoms with van der Waals surface area (Å²) >= 11 is 3.47. The smallest absolute Gasteiger partial charge is 0.142 e. The third-order valence-corrected chi connectivity index (χ3v) is 4.50. The lowest BCUT2D eigenvalue weighted by Crippen LogP contribution is -2.06. The summed E-state index contributed by atoms with van der Waals surface area (Å²) in [6, 6.07) is 9.56. The lowest BCUT2D eigenvalue weighted by Gasteiger charge is -2.20. The van der Waals surface area contributed by atoms with Gasteiger partial charge in [0.2, 0.25) is 0 Å². The Morgan fingerprint density at radius 1 is 1.00 bits per heavy atom. The summed E-state index contributed by atoms with van der Waals surface area (Å²) in [4.78, 5) is 0. The van der Waals surface area contributed by atoms with E-state index in [9.17, 15) is 5.11 Å². The fourth-order valence-corrected chi connectivity index (χ4v) is 3.06. The van der Waals surface area contributed by atoms with Crippen LogP contribution in [0.3, 0.4) is 0 Å². The summed E-state index contributed by atoms with van der Waals surface area (Å²) < 4.78 is 11.4. The fourth-order valence-electron chi connectivity index (χ4n) is 2.37. The first-order chi connectivity index (χ1) is 10.0. The van der Waals surface area contributed by atoms with Gasteiger partial charge < -0.3 is 14.6 Å². The molecule has 1 N–H and O–H groups in total. The minimum atomic E-state index is -0.748. The highest BCUT2D eigenvalue weighted by molar-refractivity contribution is 9.10. The molecule has 4 heteroatoms. The highest BCUT2D eigenvalue weighted by Crippen LogP contribution is 2.41. The van der Waals surface area contributed by atoms with Gasteiger partial charge in [0.15, 0.2) is 0 Å². The van der Waals surface area contributed by atoms with Gasteiger partial charge >= 0.3 is 0 Å². The molecule has 0 saturated carbocycles. The van der Waals surface area contributed by atoms with E-state index < -0.39 is 6.10 Å². The van der Waals surface area contributed by atoms with E-state index >= 15 is 0 Å². The first-order valence-electron chi connectivity index (χ1n) is 6.65. The van der Waals surface area contributed by atoms with Crippen LogP contribution in [0.1, 0.15) is 28.4 Å². The molecule has 3 nitrogen and oxygen atoms in total. The zero-order valence-corrected chi connectivity index (χ0v) is 14.2. The molecule has 2 rings (SSSR count). The molecular weight excluding hydrogens is 332 g/mol. The van der Waals surface area contributed by atoms with Crippen molar-refractivity contribution in [3.8, 4) is 11.5 Å². The van der Waals surface area contributed by atoms with E-state index in [4.69, 9.17) is 9.47 Å². The Labute approximate surface area is 133 Å². The molecule has 0 saturated heterocycles. The Bertz CT molecular complexity index is 653. The van der Waals surface area contributed by atoms with Crippen molar-refractivity contribution >= 4 is 15.9 Å². The van der Waals surface area contributed by atoms with Crippen LogP contribution < -0.4 is 9.47 Å². The number of aliphatic hydroxyl groups is 1. The highest BCUT2D eigenvalue weighted by atomic mass is 79.9. The van der Waals surface area contributed by atoms with Crippen LogP contribution in [-0.2, 0) is 0 Å². The number of hydrogen-bond donors (Lipinski definition) is 1. The SMILES string of the molecule is COc1ccc(C(O)c2cccc(C)c2C)c(OC)c1Br. The topological polar surface area (TPSA) is 38.7 Å². The number of rotatable bonds is 4. The Hall–Kier alpha value is -1.52. The Balaban J connectivity index is 2.56. The number of hydrogen-bond acceptors (Lipinski definition) is 3. The molecule has 0 aliphatic rings. The quantitative estimate of drug-likeness (QED) is 0.899. The summed E-state index contributed by atoms with van der Waals surface area (Å²) in [7, 11) is 3.18. The maximum atomic E-state index is 10.8. The van der Waals surface area contributed by atoms with Crippen molar-refractivity contribution in [2.24, 2.45) is 0 Å². The summed E-state index contributed by atoms with van der Waals surface area (Å²) in [6.45, 7) is 4.05. The van der Waals surface area contributed by atoms with Gasteiger partial charge in [-0.15, -0.1) is 0 Å². The van der Waals surface area contributed by atoms with Crippen molar-refractivity contribution in [3.63, 3.8) is 0 Å². The maximum absolute atomic E-state index is 10.8. The standard InChI is InChI=1S/C17H19BrO3/c1-10-6-5-7-12(11(10)2)16(19)13-8-9-14(20-3)15(18)17(13)21-4/h5-9,16,19H,1-4H3. The van der Waals surface area contributed by atoms with Gasteiger partial charge in [0, 0.05) is 5.56 Å². The van der Waals surface area contributed by atoms with E-state index in [0.29, 0.717) is 21.5 Å². The zero-order valence-electron chi connectivity index (χ0n) is 12.6. The second kappa shape index (κ2) is 6.50. The van der Waals surface area contributed by atoms with Crippen LogP contribution in [0.25, 0.3) is 0 Å². The number of methoxy groups -OCH3 is 2. The first kappa shape index (κ1) is 15.9. The Morgan fingerprint density at radius 2 is 1.71 bits per heavy atom. The summed E-state index contributed by atoms with van der Waals surface area (Å²) in [6.07, 6.45) is -0.748. The average Bonchev–Trinajstić information content (AvgIpc) is 2.49. The molecule has 0 amide bonds. The number of benzene rings is 2. The number of aliphatic hydroxyl groups excluding tert-OH is 1. The van der Waals surface area contributed by atoms with E-state index in [1.165, 1.54) is 0 Å². The molecule has 21 heavy (non-hydrogen) atoms. The van der Waals surface area contributed by atoms with Crippen LogP contribution in [0.2, 0.25) is 0 Å². The third-order valence-electron chi connectivity index (χ3n) is 3.75. The minimum Gasteiger partial charge on any atom is -0.495 e. The molecule has 0 aliphatic carbocycles. The second-order valence-corrected chi connectivity index (χ2v) is 5.69. The molecule has 0 spiro atoms. The molecule has 1 unspecified atom stereocenters. The van der Waals surface area contributed by atoms with E-state index in [2.05, 4.69) is 15.9 Å². The monoisotopic (exact) mass is 350 g/mol. The molecular formula is C17H19BrO3. The van der Waals surface area contributed by atoms with Crippen LogP contribution in [0.15, 0.2) is 34.8 Å². The Morgan fingerprint density at radius 3 is 2.33 bits per heavy atom. The Kier molecular flexibility index (Phi) is 4.91. The number of halogens is 1. The highest BCUT2D eigenvalue weighted by Gasteiger charge is 2.21. The molecule has 0 bridgehead atoms. The van der Waals surface area contributed by atoms with Crippen LogP contribution in [-0.4, -0.2) is 19.3 Å². The third kappa shape index (κ3) is 2.92. The summed E-state index contributed by atoms with van der Waals surface area (Å²) in [5, 5.41) is 10.8. The van der Waals surface area contributed by atoms with Crippen molar-refractivity contribution in [3.05, 3.63) is 57.1 Å². The minimum absolute atomic E-state index is 0.586. The van der Waals surface area contributed by atoms with E-state index in [1.54, 1.807) is 14.2 Å². The van der Waals surface area contributed by atoms with Gasteiger partial charge in [0.1, 0.15) is 22.1 Å². The van der Waals surface area contributed by atoms with Crippen molar-refractivity contribution in [2.75, 3.05) is 14.2 Å². The fraction of sp³-hybridized carbons (Fsp3) is 0.294. The number of ether oxygens (including phenoxy) is 2. The van der Waals surface area contributed by atoms with Crippen LogP contribution in [0, 0.1) is 13.8 Å². The van der Waals surface area contributed by atoms with E-state index in [0.717, 1.165) is 16.7 Å². The van der Waals surface area contributed by atoms with Crippen molar-refractivity contribution in [2.45, 2.75) is 20.0 Å². The number of aryl methyl sites for hydroxylation is 1. The molecule has 1 atom stereocenters. The van der Waals surface area contributed by atoms with Gasteiger partial charge in [-0.1, -0.05) is 18.2 Å². The van der Waals surface area contributed by atoms with Crippen molar-refractivity contribution in [1.29, 1.82) is 0 Å². The molecule has 0 fully saturated rings.